The summed E-state index contributed by atoms with van der Waals surface area (Å²) in [6.45, 7) is 6.63. The Hall–Kier alpha value is -1.34. The molecule has 0 radical (unpaired) electrons. The minimum atomic E-state index is -0.229. The third kappa shape index (κ3) is 8.18. The van der Waals surface area contributed by atoms with E-state index in [4.69, 9.17) is 9.47 Å². The molecule has 0 amide bonds. The molecule has 0 unspecified atom stereocenters. The van der Waals surface area contributed by atoms with Crippen molar-refractivity contribution < 1.29 is 19.0 Å². The molecule has 0 bridgehead atoms. The topological polar surface area (TPSA) is 72.4 Å². The highest BCUT2D eigenvalue weighted by atomic mass is 16.5. The second kappa shape index (κ2) is 12.1. The SMILES string of the molecule is CCNC(=NCCC(=O)OC)N1CCC(OCCCOC)CC1. The summed E-state index contributed by atoms with van der Waals surface area (Å²) in [5, 5.41) is 3.29. The number of nitrogens with zero attached hydrogens (tertiary/aromatic N) is 2. The van der Waals surface area contributed by atoms with E-state index in [0.29, 0.717) is 19.1 Å². The van der Waals surface area contributed by atoms with Crippen molar-refractivity contribution in [1.29, 1.82) is 0 Å². The lowest BCUT2D eigenvalue weighted by atomic mass is 10.1. The van der Waals surface area contributed by atoms with E-state index in [-0.39, 0.29) is 5.97 Å². The summed E-state index contributed by atoms with van der Waals surface area (Å²) in [6, 6.07) is 0. The van der Waals surface area contributed by atoms with Crippen LogP contribution in [0.1, 0.15) is 32.6 Å². The molecule has 0 aromatic rings. The van der Waals surface area contributed by atoms with Crippen molar-refractivity contribution in [3.05, 3.63) is 0 Å². The Morgan fingerprint density at radius 1 is 1.26 bits per heavy atom. The lowest BCUT2D eigenvalue weighted by Crippen LogP contribution is -2.47. The van der Waals surface area contributed by atoms with Gasteiger partial charge in [-0.05, 0) is 26.2 Å². The number of aliphatic imine (C=N–C) groups is 1. The molecular weight excluding hydrogens is 298 g/mol. The van der Waals surface area contributed by atoms with E-state index in [9.17, 15) is 4.79 Å². The molecule has 0 aromatic heterocycles. The van der Waals surface area contributed by atoms with Gasteiger partial charge in [-0.1, -0.05) is 0 Å². The second-order valence-corrected chi connectivity index (χ2v) is 5.47. The van der Waals surface area contributed by atoms with Crippen LogP contribution in [0.2, 0.25) is 0 Å². The third-order valence-corrected chi connectivity index (χ3v) is 3.73. The molecule has 0 spiro atoms. The first-order chi connectivity index (χ1) is 11.2. The average Bonchev–Trinajstić information content (AvgIpc) is 2.58. The molecule has 0 aromatic carbocycles. The fourth-order valence-corrected chi connectivity index (χ4v) is 2.47. The molecule has 1 aliphatic heterocycles. The number of carbonyl (C=O) groups excluding carboxylic acids is 1. The molecule has 1 fully saturated rings. The van der Waals surface area contributed by atoms with E-state index in [1.54, 1.807) is 7.11 Å². The van der Waals surface area contributed by atoms with Crippen LogP contribution in [0.15, 0.2) is 4.99 Å². The Labute approximate surface area is 139 Å². The van der Waals surface area contributed by atoms with Crippen LogP contribution in [0.4, 0.5) is 0 Å². The molecule has 1 saturated heterocycles. The number of likely N-dealkylation sites (tertiary alicyclic amines) is 1. The summed E-state index contributed by atoms with van der Waals surface area (Å²) in [5.74, 6) is 0.641. The van der Waals surface area contributed by atoms with Crippen molar-refractivity contribution in [2.75, 3.05) is 53.6 Å². The largest absolute Gasteiger partial charge is 0.469 e. The van der Waals surface area contributed by atoms with Crippen molar-refractivity contribution in [1.82, 2.24) is 10.2 Å². The molecule has 1 aliphatic rings. The van der Waals surface area contributed by atoms with Crippen LogP contribution in [0.5, 0.6) is 0 Å². The number of hydrogen-bond donors (Lipinski definition) is 1. The first-order valence-corrected chi connectivity index (χ1v) is 8.41. The van der Waals surface area contributed by atoms with Crippen molar-refractivity contribution in [3.8, 4) is 0 Å². The zero-order chi connectivity index (χ0) is 16.9. The number of nitrogens with one attached hydrogen (secondary N) is 1. The number of methoxy groups -OCH3 is 2. The lowest BCUT2D eigenvalue weighted by Gasteiger charge is -2.34. The zero-order valence-electron chi connectivity index (χ0n) is 14.7. The van der Waals surface area contributed by atoms with Gasteiger partial charge in [0.25, 0.3) is 0 Å². The van der Waals surface area contributed by atoms with Gasteiger partial charge in [0.05, 0.1) is 26.2 Å². The molecule has 7 heteroatoms. The van der Waals surface area contributed by atoms with E-state index >= 15 is 0 Å². The van der Waals surface area contributed by atoms with Gasteiger partial charge in [0, 0.05) is 40.0 Å². The fourth-order valence-electron chi connectivity index (χ4n) is 2.47. The van der Waals surface area contributed by atoms with Gasteiger partial charge in [-0.25, -0.2) is 0 Å². The summed E-state index contributed by atoms with van der Waals surface area (Å²) in [7, 11) is 3.11. The molecule has 0 saturated carbocycles. The molecule has 1 rings (SSSR count). The Balaban J connectivity index is 2.35. The van der Waals surface area contributed by atoms with E-state index < -0.39 is 0 Å². The van der Waals surface area contributed by atoms with Gasteiger partial charge < -0.3 is 24.4 Å². The van der Waals surface area contributed by atoms with Crippen LogP contribution in [0.3, 0.4) is 0 Å². The average molecular weight is 329 g/mol. The highest BCUT2D eigenvalue weighted by Gasteiger charge is 2.21. The highest BCUT2D eigenvalue weighted by Crippen LogP contribution is 2.14. The molecule has 1 N–H and O–H groups in total. The summed E-state index contributed by atoms with van der Waals surface area (Å²) in [6.07, 6.45) is 3.56. The molecule has 0 atom stereocenters. The predicted octanol–water partition coefficient (Wildman–Crippen LogP) is 1.03. The van der Waals surface area contributed by atoms with Crippen molar-refractivity contribution in [2.45, 2.75) is 38.7 Å². The highest BCUT2D eigenvalue weighted by molar-refractivity contribution is 5.80. The monoisotopic (exact) mass is 329 g/mol. The summed E-state index contributed by atoms with van der Waals surface area (Å²) < 4.78 is 15.5. The smallest absolute Gasteiger partial charge is 0.307 e. The van der Waals surface area contributed by atoms with Crippen LogP contribution in [-0.4, -0.2) is 76.5 Å². The zero-order valence-corrected chi connectivity index (χ0v) is 14.7. The van der Waals surface area contributed by atoms with Gasteiger partial charge >= 0.3 is 5.97 Å². The molecular formula is C16H31N3O4. The number of hydrogen-bond acceptors (Lipinski definition) is 5. The van der Waals surface area contributed by atoms with Crippen LogP contribution in [0.25, 0.3) is 0 Å². The molecule has 1 heterocycles. The van der Waals surface area contributed by atoms with Gasteiger partial charge in [0.1, 0.15) is 0 Å². The van der Waals surface area contributed by atoms with Crippen molar-refractivity contribution >= 4 is 11.9 Å². The van der Waals surface area contributed by atoms with Gasteiger partial charge in [-0.15, -0.1) is 0 Å². The van der Waals surface area contributed by atoms with E-state index in [0.717, 1.165) is 58.1 Å². The fraction of sp³-hybridized carbons (Fsp3) is 0.875. The van der Waals surface area contributed by atoms with E-state index in [1.807, 2.05) is 6.92 Å². The summed E-state index contributed by atoms with van der Waals surface area (Å²) in [4.78, 5) is 17.9. The minimum absolute atomic E-state index is 0.229. The number of guanidine groups is 1. The maximum Gasteiger partial charge on any atom is 0.307 e. The van der Waals surface area contributed by atoms with Crippen LogP contribution >= 0.6 is 0 Å². The Morgan fingerprint density at radius 2 is 2.00 bits per heavy atom. The van der Waals surface area contributed by atoms with Crippen LogP contribution < -0.4 is 5.32 Å². The number of rotatable bonds is 9. The quantitative estimate of drug-likeness (QED) is 0.295. The molecule has 134 valence electrons. The standard InChI is InChI=1S/C16H31N3O4/c1-4-17-16(18-9-6-15(20)22-3)19-10-7-14(8-11-19)23-13-5-12-21-2/h14H,4-13H2,1-3H3,(H,17,18). The van der Waals surface area contributed by atoms with Gasteiger partial charge in [0.2, 0.25) is 0 Å². The third-order valence-electron chi connectivity index (χ3n) is 3.73. The normalized spacial score (nSPS) is 16.5. The van der Waals surface area contributed by atoms with Crippen molar-refractivity contribution in [3.63, 3.8) is 0 Å². The van der Waals surface area contributed by atoms with Crippen LogP contribution in [0, 0.1) is 0 Å². The van der Waals surface area contributed by atoms with Gasteiger partial charge in [-0.2, -0.15) is 0 Å². The number of ether oxygens (including phenoxy) is 3. The summed E-state index contributed by atoms with van der Waals surface area (Å²) in [5.41, 5.74) is 0. The van der Waals surface area contributed by atoms with E-state index in [2.05, 4.69) is 19.9 Å². The van der Waals surface area contributed by atoms with Gasteiger partial charge in [0.15, 0.2) is 5.96 Å². The maximum atomic E-state index is 11.2. The van der Waals surface area contributed by atoms with E-state index in [1.165, 1.54) is 7.11 Å². The molecule has 23 heavy (non-hydrogen) atoms. The van der Waals surface area contributed by atoms with Crippen molar-refractivity contribution in [2.24, 2.45) is 4.99 Å². The first-order valence-electron chi connectivity index (χ1n) is 8.41. The number of carbonyl (C=O) groups is 1. The maximum absolute atomic E-state index is 11.2. The number of piperidine rings is 1. The Morgan fingerprint density at radius 3 is 2.61 bits per heavy atom. The molecule has 0 aliphatic carbocycles. The van der Waals surface area contributed by atoms with Gasteiger partial charge in [-0.3, -0.25) is 9.79 Å². The Bertz CT molecular complexity index is 355. The number of esters is 1. The predicted molar refractivity (Wildman–Crippen MR) is 89.7 cm³/mol. The molecule has 7 nitrogen and oxygen atoms in total. The van der Waals surface area contributed by atoms with Crippen LogP contribution in [-0.2, 0) is 19.0 Å². The second-order valence-electron chi connectivity index (χ2n) is 5.47. The lowest BCUT2D eigenvalue weighted by molar-refractivity contribution is -0.140. The first kappa shape index (κ1) is 19.7. The summed E-state index contributed by atoms with van der Waals surface area (Å²) >= 11 is 0. The Kier molecular flexibility index (Phi) is 10.4. The minimum Gasteiger partial charge on any atom is -0.469 e.